The third-order valence-electron chi connectivity index (χ3n) is 2.84. The van der Waals surface area contributed by atoms with Crippen molar-refractivity contribution in [2.75, 3.05) is 5.75 Å². The van der Waals surface area contributed by atoms with Crippen LogP contribution < -0.4 is 0 Å². The van der Waals surface area contributed by atoms with Gasteiger partial charge in [-0.2, -0.15) is 0 Å². The topological polar surface area (TPSA) is 77.2 Å². The fraction of sp³-hybridized carbons (Fsp3) is 0.400. The average Bonchev–Trinajstić information content (AvgIpc) is 2.89. The van der Waals surface area contributed by atoms with Gasteiger partial charge < -0.3 is 9.84 Å². The number of para-hydroxylation sites is 1. The number of hydrogen-bond donors (Lipinski definition) is 1. The van der Waals surface area contributed by atoms with Gasteiger partial charge in [-0.05, 0) is 32.9 Å². The Hall–Kier alpha value is -1.86. The quantitative estimate of drug-likeness (QED) is 0.790. The first kappa shape index (κ1) is 16.5. The number of hydrogen-bond acceptors (Lipinski definition) is 5. The standard InChI is InChI=1S/C15H19N3O3S/c1-10(2)21-11(3)14-16-17-15(22-9-13(19)20)18(14)12-7-5-4-6-8-12/h4-8,10-11H,9H2,1-3H3,(H,19,20)/t11-/m1/s1. The van der Waals surface area contributed by atoms with Gasteiger partial charge in [0.1, 0.15) is 6.10 Å². The maximum Gasteiger partial charge on any atom is 0.313 e. The van der Waals surface area contributed by atoms with Crippen LogP contribution in [0, 0.1) is 0 Å². The van der Waals surface area contributed by atoms with Gasteiger partial charge in [-0.15, -0.1) is 10.2 Å². The minimum absolute atomic E-state index is 0.0612. The fourth-order valence-electron chi connectivity index (χ4n) is 2.05. The van der Waals surface area contributed by atoms with Gasteiger partial charge in [0.15, 0.2) is 11.0 Å². The number of thioether (sulfide) groups is 1. The summed E-state index contributed by atoms with van der Waals surface area (Å²) in [6.45, 7) is 5.83. The van der Waals surface area contributed by atoms with Crippen molar-refractivity contribution >= 4 is 17.7 Å². The zero-order valence-corrected chi connectivity index (χ0v) is 13.6. The summed E-state index contributed by atoms with van der Waals surface area (Å²) in [5, 5.41) is 17.7. The van der Waals surface area contributed by atoms with Gasteiger partial charge in [0, 0.05) is 5.69 Å². The molecule has 1 aromatic carbocycles. The van der Waals surface area contributed by atoms with Crippen LogP contribution in [-0.2, 0) is 9.53 Å². The van der Waals surface area contributed by atoms with E-state index in [1.807, 2.05) is 55.7 Å². The summed E-state index contributed by atoms with van der Waals surface area (Å²) in [5.74, 6) is -0.293. The second-order valence-electron chi connectivity index (χ2n) is 5.02. The number of carbonyl (C=O) groups is 1. The maximum absolute atomic E-state index is 10.8. The van der Waals surface area contributed by atoms with Crippen LogP contribution in [-0.4, -0.2) is 37.7 Å². The van der Waals surface area contributed by atoms with Crippen molar-refractivity contribution in [3.63, 3.8) is 0 Å². The first-order chi connectivity index (χ1) is 10.5. The van der Waals surface area contributed by atoms with E-state index in [1.54, 1.807) is 0 Å². The summed E-state index contributed by atoms with van der Waals surface area (Å²) >= 11 is 1.14. The summed E-state index contributed by atoms with van der Waals surface area (Å²) in [6.07, 6.45) is -0.182. The maximum atomic E-state index is 10.8. The molecule has 0 saturated carbocycles. The molecular weight excluding hydrogens is 302 g/mol. The van der Waals surface area contributed by atoms with E-state index in [2.05, 4.69) is 10.2 Å². The molecule has 6 nitrogen and oxygen atoms in total. The molecule has 2 aromatic rings. The molecule has 0 unspecified atom stereocenters. The lowest BCUT2D eigenvalue weighted by atomic mass is 10.3. The number of aromatic nitrogens is 3. The highest BCUT2D eigenvalue weighted by Gasteiger charge is 2.21. The second-order valence-corrected chi connectivity index (χ2v) is 5.96. The van der Waals surface area contributed by atoms with E-state index in [0.717, 1.165) is 17.4 Å². The minimum Gasteiger partial charge on any atom is -0.481 e. The normalized spacial score (nSPS) is 12.5. The molecule has 118 valence electrons. The van der Waals surface area contributed by atoms with E-state index in [9.17, 15) is 4.79 Å². The van der Waals surface area contributed by atoms with Crippen molar-refractivity contribution in [2.45, 2.75) is 38.1 Å². The summed E-state index contributed by atoms with van der Waals surface area (Å²) in [5.41, 5.74) is 0.884. The highest BCUT2D eigenvalue weighted by molar-refractivity contribution is 7.99. The van der Waals surface area contributed by atoms with E-state index in [-0.39, 0.29) is 18.0 Å². The molecule has 0 aliphatic rings. The Balaban J connectivity index is 2.39. The Morgan fingerprint density at radius 3 is 2.55 bits per heavy atom. The Kier molecular flexibility index (Phi) is 5.57. The number of benzene rings is 1. The van der Waals surface area contributed by atoms with Gasteiger partial charge in [-0.25, -0.2) is 0 Å². The molecule has 0 amide bonds. The van der Waals surface area contributed by atoms with Crippen LogP contribution in [0.4, 0.5) is 0 Å². The predicted octanol–water partition coefficient (Wildman–Crippen LogP) is 2.93. The van der Waals surface area contributed by atoms with Crippen molar-refractivity contribution in [2.24, 2.45) is 0 Å². The second kappa shape index (κ2) is 7.42. The van der Waals surface area contributed by atoms with Crippen LogP contribution in [0.1, 0.15) is 32.7 Å². The van der Waals surface area contributed by atoms with Gasteiger partial charge in [0.05, 0.1) is 11.9 Å². The molecule has 1 atom stereocenters. The zero-order valence-electron chi connectivity index (χ0n) is 12.8. The molecule has 1 aromatic heterocycles. The summed E-state index contributed by atoms with van der Waals surface area (Å²) in [7, 11) is 0. The molecule has 0 radical (unpaired) electrons. The molecule has 0 bridgehead atoms. The van der Waals surface area contributed by atoms with Crippen molar-refractivity contribution < 1.29 is 14.6 Å². The third kappa shape index (κ3) is 4.08. The number of rotatable bonds is 7. The SMILES string of the molecule is CC(C)O[C@H](C)c1nnc(SCC(=O)O)n1-c1ccccc1. The number of aliphatic carboxylic acids is 1. The molecule has 2 rings (SSSR count). The van der Waals surface area contributed by atoms with E-state index >= 15 is 0 Å². The Bertz CT molecular complexity index is 628. The summed E-state index contributed by atoms with van der Waals surface area (Å²) < 4.78 is 7.64. The zero-order chi connectivity index (χ0) is 16.1. The lowest BCUT2D eigenvalue weighted by Gasteiger charge is -2.17. The predicted molar refractivity (Wildman–Crippen MR) is 84.4 cm³/mol. The average molecular weight is 321 g/mol. The third-order valence-corrected chi connectivity index (χ3v) is 3.75. The van der Waals surface area contributed by atoms with Crippen LogP contribution in [0.15, 0.2) is 35.5 Å². The Morgan fingerprint density at radius 1 is 1.27 bits per heavy atom. The molecule has 0 aliphatic carbocycles. The smallest absolute Gasteiger partial charge is 0.313 e. The monoisotopic (exact) mass is 321 g/mol. The van der Waals surface area contributed by atoms with Gasteiger partial charge >= 0.3 is 5.97 Å². The van der Waals surface area contributed by atoms with E-state index in [4.69, 9.17) is 9.84 Å². The van der Waals surface area contributed by atoms with Gasteiger partial charge in [-0.1, -0.05) is 30.0 Å². The molecule has 1 N–H and O–H groups in total. The van der Waals surface area contributed by atoms with Crippen molar-refractivity contribution in [3.05, 3.63) is 36.2 Å². The van der Waals surface area contributed by atoms with E-state index < -0.39 is 5.97 Å². The van der Waals surface area contributed by atoms with Crippen molar-refractivity contribution in [3.8, 4) is 5.69 Å². The summed E-state index contributed by atoms with van der Waals surface area (Å²) in [4.78, 5) is 10.8. The number of carboxylic acids is 1. The molecule has 0 saturated heterocycles. The lowest BCUT2D eigenvalue weighted by Crippen LogP contribution is -2.13. The minimum atomic E-state index is -0.888. The first-order valence-corrected chi connectivity index (χ1v) is 7.98. The van der Waals surface area contributed by atoms with Crippen molar-refractivity contribution in [1.29, 1.82) is 0 Å². The van der Waals surface area contributed by atoms with Crippen LogP contribution in [0.25, 0.3) is 5.69 Å². The molecule has 22 heavy (non-hydrogen) atoms. The van der Waals surface area contributed by atoms with Crippen molar-refractivity contribution in [1.82, 2.24) is 14.8 Å². The summed E-state index contributed by atoms with van der Waals surface area (Å²) in [6, 6.07) is 9.61. The highest BCUT2D eigenvalue weighted by Crippen LogP contribution is 2.26. The molecule has 0 aliphatic heterocycles. The van der Waals surface area contributed by atoms with Gasteiger partial charge in [-0.3, -0.25) is 9.36 Å². The van der Waals surface area contributed by atoms with Gasteiger partial charge in [0.2, 0.25) is 0 Å². The first-order valence-electron chi connectivity index (χ1n) is 6.99. The van der Waals surface area contributed by atoms with Crippen LogP contribution in [0.2, 0.25) is 0 Å². The van der Waals surface area contributed by atoms with Gasteiger partial charge in [0.25, 0.3) is 0 Å². The molecule has 0 spiro atoms. The van der Waals surface area contributed by atoms with Crippen LogP contribution >= 0.6 is 11.8 Å². The number of ether oxygens (including phenoxy) is 1. The molecule has 0 fully saturated rings. The van der Waals surface area contributed by atoms with Crippen LogP contribution in [0.5, 0.6) is 0 Å². The van der Waals surface area contributed by atoms with E-state index in [1.165, 1.54) is 0 Å². The molecular formula is C15H19N3O3S. The fourth-order valence-corrected chi connectivity index (χ4v) is 2.73. The van der Waals surface area contributed by atoms with E-state index in [0.29, 0.717) is 11.0 Å². The highest BCUT2D eigenvalue weighted by atomic mass is 32.2. The Morgan fingerprint density at radius 2 is 1.95 bits per heavy atom. The van der Waals surface area contributed by atoms with Crippen LogP contribution in [0.3, 0.4) is 0 Å². The Labute approximate surface area is 133 Å². The largest absolute Gasteiger partial charge is 0.481 e. The lowest BCUT2D eigenvalue weighted by molar-refractivity contribution is -0.133. The molecule has 1 heterocycles. The number of carboxylic acid groups (broad SMARTS) is 1. The number of nitrogens with zero attached hydrogens (tertiary/aromatic N) is 3. The molecule has 7 heteroatoms.